The van der Waals surface area contributed by atoms with Crippen LogP contribution in [-0.4, -0.2) is 63.9 Å². The van der Waals surface area contributed by atoms with Gasteiger partial charge in [-0.05, 0) is 23.6 Å². The summed E-state index contributed by atoms with van der Waals surface area (Å²) in [5.74, 6) is -4.69. The van der Waals surface area contributed by atoms with Crippen molar-refractivity contribution >= 4 is 39.2 Å². The van der Waals surface area contributed by atoms with Gasteiger partial charge in [0, 0.05) is 36.6 Å². The van der Waals surface area contributed by atoms with E-state index < -0.39 is 51.6 Å². The average Bonchev–Trinajstić information content (AvgIpc) is 2.67. The van der Waals surface area contributed by atoms with Gasteiger partial charge in [-0.3, -0.25) is 19.8 Å². The van der Waals surface area contributed by atoms with E-state index in [-0.39, 0.29) is 35.4 Å². The number of aliphatic carboxylic acids is 1. The fourth-order valence-corrected chi connectivity index (χ4v) is 4.19. The second-order valence-corrected chi connectivity index (χ2v) is 11.2. The molecule has 15 heteroatoms. The Bertz CT molecular complexity index is 1120. The largest absolute Gasteiger partial charge is 0.490 e. The zero-order valence-corrected chi connectivity index (χ0v) is 20.1. The monoisotopic (exact) mass is 526 g/mol. The van der Waals surface area contributed by atoms with E-state index in [0.717, 1.165) is 17.0 Å². The molecule has 1 aliphatic heterocycles. The summed E-state index contributed by atoms with van der Waals surface area (Å²) in [7, 11) is -2.91. The second-order valence-electron chi connectivity index (χ2n) is 8.72. The lowest BCUT2D eigenvalue weighted by Gasteiger charge is -2.27. The average molecular weight is 527 g/mol. The predicted octanol–water partition coefficient (Wildman–Crippen LogP) is 2.52. The third-order valence-corrected chi connectivity index (χ3v) is 6.19. The van der Waals surface area contributed by atoms with Gasteiger partial charge in [0.25, 0.3) is 5.91 Å². The highest BCUT2D eigenvalue weighted by atomic mass is 32.2. The van der Waals surface area contributed by atoms with Gasteiger partial charge in [0.2, 0.25) is 5.91 Å². The number of nitrogens with zero attached hydrogens (tertiary/aromatic N) is 2. The first kappa shape index (κ1) is 30.0. The number of benzene rings is 1. The number of hydrogen-bond acceptors (Lipinski definition) is 6. The number of nitrogens with two attached hydrogens (primary N) is 1. The molecule has 0 aliphatic carbocycles. The van der Waals surface area contributed by atoms with E-state index in [1.165, 1.54) is 12.3 Å². The Hall–Kier alpha value is -3.07. The summed E-state index contributed by atoms with van der Waals surface area (Å²) < 4.78 is 62.5. The van der Waals surface area contributed by atoms with Crippen molar-refractivity contribution in [2.75, 3.05) is 23.5 Å². The highest BCUT2D eigenvalue weighted by Crippen LogP contribution is 2.24. The number of anilines is 1. The molecular formula is C20H26F4N4O6S. The summed E-state index contributed by atoms with van der Waals surface area (Å²) in [6, 6.07) is 2.19. The highest BCUT2D eigenvalue weighted by Gasteiger charge is 2.38. The zero-order chi connectivity index (χ0) is 27.4. The Morgan fingerprint density at radius 3 is 2.26 bits per heavy atom. The van der Waals surface area contributed by atoms with Crippen molar-refractivity contribution in [1.82, 2.24) is 5.32 Å². The van der Waals surface area contributed by atoms with Crippen LogP contribution in [0.5, 0.6) is 0 Å². The summed E-state index contributed by atoms with van der Waals surface area (Å²) >= 11 is 0. The summed E-state index contributed by atoms with van der Waals surface area (Å²) in [6.45, 7) is 5.68. The van der Waals surface area contributed by atoms with Gasteiger partial charge in [-0.25, -0.2) is 18.2 Å². The number of amides is 4. The van der Waals surface area contributed by atoms with E-state index in [2.05, 4.69) is 9.68 Å². The molecule has 2 rings (SSSR count). The quantitative estimate of drug-likeness (QED) is 0.508. The molecule has 0 saturated carbocycles. The third-order valence-electron chi connectivity index (χ3n) is 4.66. The number of nitrogens with one attached hydrogen (secondary N) is 1. The fourth-order valence-electron chi connectivity index (χ4n) is 2.50. The van der Waals surface area contributed by atoms with Crippen molar-refractivity contribution in [2.24, 2.45) is 15.5 Å². The number of carbonyl (C=O) groups is 4. The highest BCUT2D eigenvalue weighted by molar-refractivity contribution is 7.93. The number of carboxylic acid groups (broad SMARTS) is 1. The Kier molecular flexibility index (Phi) is 9.51. The summed E-state index contributed by atoms with van der Waals surface area (Å²) in [5, 5.41) is 9.22. The number of urea groups is 1. The van der Waals surface area contributed by atoms with E-state index >= 15 is 0 Å². The minimum Gasteiger partial charge on any atom is -0.475 e. The molecule has 4 N–H and O–H groups in total. The number of imide groups is 1. The van der Waals surface area contributed by atoms with E-state index in [0.29, 0.717) is 0 Å². The maximum absolute atomic E-state index is 14.2. The SMILES string of the molecule is CC(C)(C)C(N)CS(C)(=O)=NC(=O)c1ccc(F)c(N2CCC(=O)NC2=O)c1.O=C(O)C(F)(F)F. The van der Waals surface area contributed by atoms with Gasteiger partial charge in [-0.2, -0.15) is 17.5 Å². The van der Waals surface area contributed by atoms with Gasteiger partial charge in [-0.15, -0.1) is 0 Å². The summed E-state index contributed by atoms with van der Waals surface area (Å²) in [4.78, 5) is 45.6. The first-order valence-corrected chi connectivity index (χ1v) is 12.0. The van der Waals surface area contributed by atoms with Crippen LogP contribution in [0, 0.1) is 11.2 Å². The first-order chi connectivity index (χ1) is 15.7. The molecule has 1 aliphatic rings. The molecule has 0 bridgehead atoms. The minimum absolute atomic E-state index is 0.0126. The van der Waals surface area contributed by atoms with Crippen molar-refractivity contribution in [2.45, 2.75) is 39.4 Å². The summed E-state index contributed by atoms with van der Waals surface area (Å²) in [5.41, 5.74) is 5.57. The van der Waals surface area contributed by atoms with Crippen LogP contribution in [0.3, 0.4) is 0 Å². The molecule has 0 radical (unpaired) electrons. The molecule has 196 valence electrons. The van der Waals surface area contributed by atoms with Crippen molar-refractivity contribution in [3.05, 3.63) is 29.6 Å². The Labute approximate surface area is 199 Å². The number of hydrogen-bond donors (Lipinski definition) is 3. The molecule has 1 aromatic rings. The van der Waals surface area contributed by atoms with Gasteiger partial charge in [0.15, 0.2) is 0 Å². The fraction of sp³-hybridized carbons (Fsp3) is 0.500. The van der Waals surface area contributed by atoms with E-state index in [1.807, 2.05) is 20.8 Å². The molecule has 10 nitrogen and oxygen atoms in total. The van der Waals surface area contributed by atoms with Crippen molar-refractivity contribution in [3.63, 3.8) is 0 Å². The molecular weight excluding hydrogens is 500 g/mol. The Morgan fingerprint density at radius 1 is 1.26 bits per heavy atom. The molecule has 0 aromatic heterocycles. The van der Waals surface area contributed by atoms with Crippen LogP contribution in [0.1, 0.15) is 37.6 Å². The summed E-state index contributed by atoms with van der Waals surface area (Å²) in [6.07, 6.45) is -3.72. The van der Waals surface area contributed by atoms with Gasteiger partial charge in [0.05, 0.1) is 15.4 Å². The van der Waals surface area contributed by atoms with Crippen LogP contribution in [0.25, 0.3) is 0 Å². The standard InChI is InChI=1S/C18H25FN4O4S.C2HF3O2/c1-18(2,3)14(20)10-28(4,27)22-16(25)11-5-6-12(19)13(9-11)23-8-7-15(24)21-17(23)26;3-2(4,5)1(6)7/h5-6,9,14H,7-8,10,20H2,1-4H3,(H,21,24,26);(H,6,7). The number of carbonyl (C=O) groups excluding carboxylic acids is 3. The lowest BCUT2D eigenvalue weighted by Crippen LogP contribution is -2.49. The topological polar surface area (TPSA) is 159 Å². The van der Waals surface area contributed by atoms with Crippen LogP contribution in [0.4, 0.5) is 28.0 Å². The molecule has 2 unspecified atom stereocenters. The van der Waals surface area contributed by atoms with Gasteiger partial charge < -0.3 is 10.8 Å². The maximum atomic E-state index is 14.2. The van der Waals surface area contributed by atoms with E-state index in [4.69, 9.17) is 15.6 Å². The molecule has 4 amide bonds. The van der Waals surface area contributed by atoms with Gasteiger partial charge in [0.1, 0.15) is 5.82 Å². The number of alkyl halides is 3. The normalized spacial score (nSPS) is 16.9. The van der Waals surface area contributed by atoms with Crippen LogP contribution in [-0.2, 0) is 19.3 Å². The van der Waals surface area contributed by atoms with Crippen LogP contribution in [0.2, 0.25) is 0 Å². The lowest BCUT2D eigenvalue weighted by molar-refractivity contribution is -0.192. The molecule has 1 aromatic carbocycles. The van der Waals surface area contributed by atoms with Gasteiger partial charge in [-0.1, -0.05) is 20.8 Å². The molecule has 1 saturated heterocycles. The molecule has 1 heterocycles. The minimum atomic E-state index is -5.08. The zero-order valence-electron chi connectivity index (χ0n) is 19.3. The molecule has 2 atom stereocenters. The number of carboxylic acids is 1. The second kappa shape index (κ2) is 11.1. The third kappa shape index (κ3) is 9.24. The molecule has 0 spiro atoms. The van der Waals surface area contributed by atoms with Crippen LogP contribution in [0.15, 0.2) is 22.6 Å². The van der Waals surface area contributed by atoms with E-state index in [9.17, 15) is 36.2 Å². The smallest absolute Gasteiger partial charge is 0.475 e. The molecule has 1 fully saturated rings. The van der Waals surface area contributed by atoms with Gasteiger partial charge >= 0.3 is 18.2 Å². The van der Waals surface area contributed by atoms with E-state index in [1.54, 1.807) is 0 Å². The Balaban J connectivity index is 0.000000762. The predicted molar refractivity (Wildman–Crippen MR) is 119 cm³/mol. The van der Waals surface area contributed by atoms with Crippen molar-refractivity contribution in [3.8, 4) is 0 Å². The lowest BCUT2D eigenvalue weighted by atomic mass is 9.89. The van der Waals surface area contributed by atoms with Crippen molar-refractivity contribution in [1.29, 1.82) is 0 Å². The molecule has 35 heavy (non-hydrogen) atoms. The van der Waals surface area contributed by atoms with Crippen molar-refractivity contribution < 1.29 is 46.1 Å². The van der Waals surface area contributed by atoms with Crippen LogP contribution >= 0.6 is 0 Å². The van der Waals surface area contributed by atoms with Crippen LogP contribution < -0.4 is 16.0 Å². The Morgan fingerprint density at radius 2 is 1.80 bits per heavy atom. The number of halogens is 4. The maximum Gasteiger partial charge on any atom is 0.490 e. The first-order valence-electron chi connectivity index (χ1n) is 9.95. The number of rotatable bonds is 4.